The highest BCUT2D eigenvalue weighted by molar-refractivity contribution is 7.91. The number of anilines is 1. The van der Waals surface area contributed by atoms with E-state index in [0.29, 0.717) is 23.4 Å². The summed E-state index contributed by atoms with van der Waals surface area (Å²) in [4.78, 5) is 25.9. The van der Waals surface area contributed by atoms with Crippen molar-refractivity contribution < 1.29 is 13.8 Å². The van der Waals surface area contributed by atoms with E-state index in [1.807, 2.05) is 60.7 Å². The number of allylic oxidation sites excluding steroid dienone is 1. The van der Waals surface area contributed by atoms with E-state index in [2.05, 4.69) is 5.32 Å². The largest absolute Gasteiger partial charge is 0.348 e. The molecule has 4 rings (SSSR count). The third-order valence-electron chi connectivity index (χ3n) is 4.90. The van der Waals surface area contributed by atoms with Crippen LogP contribution in [0.15, 0.2) is 83.8 Å². The first-order chi connectivity index (χ1) is 14.5. The average Bonchev–Trinajstić information content (AvgIpc) is 2.80. The molecule has 0 saturated heterocycles. The van der Waals surface area contributed by atoms with E-state index in [1.54, 1.807) is 35.6 Å². The van der Waals surface area contributed by atoms with Crippen molar-refractivity contribution in [2.75, 3.05) is 11.4 Å². The van der Waals surface area contributed by atoms with Crippen LogP contribution < -0.4 is 9.62 Å². The van der Waals surface area contributed by atoms with Crippen LogP contribution >= 0.6 is 0 Å². The number of amides is 1. The second-order valence-corrected chi connectivity index (χ2v) is 8.38. The van der Waals surface area contributed by atoms with Gasteiger partial charge in [0.05, 0.1) is 5.69 Å². The number of carbonyl (C=O) groups excluding carboxylic acids is 2. The highest BCUT2D eigenvalue weighted by Crippen LogP contribution is 2.33. The Labute approximate surface area is 177 Å². The number of nitrogens with zero attached hydrogens (tertiary/aromatic N) is 1. The summed E-state index contributed by atoms with van der Waals surface area (Å²) in [5.41, 5.74) is 3.08. The summed E-state index contributed by atoms with van der Waals surface area (Å²) >= 11 is 0. The maximum absolute atomic E-state index is 13.1. The summed E-state index contributed by atoms with van der Waals surface area (Å²) in [6, 6.07) is 23.8. The van der Waals surface area contributed by atoms with Gasteiger partial charge in [0, 0.05) is 24.7 Å². The van der Waals surface area contributed by atoms with Crippen molar-refractivity contribution in [3.8, 4) is 0 Å². The summed E-state index contributed by atoms with van der Waals surface area (Å²) in [5, 5.41) is 2.87. The molecular formula is C24H20N2O3S. The predicted octanol–water partition coefficient (Wildman–Crippen LogP) is 3.95. The van der Waals surface area contributed by atoms with Crippen molar-refractivity contribution in [3.05, 3.63) is 106 Å². The highest BCUT2D eigenvalue weighted by atomic mass is 32.2. The fourth-order valence-corrected chi connectivity index (χ4v) is 4.42. The Kier molecular flexibility index (Phi) is 5.59. The first kappa shape index (κ1) is 19.8. The molecule has 0 aromatic heterocycles. The number of carbonyl (C=O) groups is 2. The minimum atomic E-state index is -1.62. The predicted molar refractivity (Wildman–Crippen MR) is 119 cm³/mol. The van der Waals surface area contributed by atoms with Crippen LogP contribution in [0.4, 0.5) is 5.69 Å². The normalized spacial score (nSPS) is 17.0. The number of fused-ring (bicyclic) bond motifs is 1. The van der Waals surface area contributed by atoms with Gasteiger partial charge in [-0.1, -0.05) is 60.7 Å². The zero-order chi connectivity index (χ0) is 21.1. The topological polar surface area (TPSA) is 66.5 Å². The fourth-order valence-electron chi connectivity index (χ4n) is 3.28. The third-order valence-corrected chi connectivity index (χ3v) is 6.27. The summed E-state index contributed by atoms with van der Waals surface area (Å²) in [6.45, 7) is 0.397. The van der Waals surface area contributed by atoms with E-state index >= 15 is 0 Å². The van der Waals surface area contributed by atoms with Crippen LogP contribution in [-0.2, 0) is 17.5 Å². The molecule has 30 heavy (non-hydrogen) atoms. The van der Waals surface area contributed by atoms with Gasteiger partial charge in [-0.05, 0) is 35.4 Å². The van der Waals surface area contributed by atoms with Gasteiger partial charge in [0.25, 0.3) is 5.91 Å². The summed E-state index contributed by atoms with van der Waals surface area (Å²) in [6.07, 6.45) is 1.64. The lowest BCUT2D eigenvalue weighted by atomic mass is 10.0. The molecule has 0 bridgehead atoms. The average molecular weight is 417 g/mol. The number of hydrogen-bond acceptors (Lipinski definition) is 3. The summed E-state index contributed by atoms with van der Waals surface area (Å²) < 4.78 is 14.4. The minimum Gasteiger partial charge on any atom is -0.348 e. The van der Waals surface area contributed by atoms with Crippen LogP contribution in [0.5, 0.6) is 0 Å². The Morgan fingerprint density at radius 3 is 2.37 bits per heavy atom. The molecule has 1 aliphatic heterocycles. The summed E-state index contributed by atoms with van der Waals surface area (Å²) in [7, 11) is 0.0600. The van der Waals surface area contributed by atoms with Gasteiger partial charge in [-0.3, -0.25) is 13.9 Å². The minimum absolute atomic E-state index is 0.193. The van der Waals surface area contributed by atoms with E-state index in [9.17, 15) is 13.8 Å². The second kappa shape index (κ2) is 8.47. The highest BCUT2D eigenvalue weighted by Gasteiger charge is 2.32. The van der Waals surface area contributed by atoms with Crippen LogP contribution in [0.2, 0.25) is 0 Å². The van der Waals surface area contributed by atoms with Crippen LogP contribution in [0.25, 0.3) is 6.08 Å². The molecule has 3 aromatic rings. The molecular weight excluding hydrogens is 396 g/mol. The van der Waals surface area contributed by atoms with Crippen LogP contribution in [0.1, 0.15) is 31.8 Å². The number of ketones is 1. The lowest BCUT2D eigenvalue weighted by Gasteiger charge is -2.27. The molecule has 1 amide bonds. The molecule has 3 aromatic carbocycles. The first-order valence-corrected chi connectivity index (χ1v) is 10.6. The van der Waals surface area contributed by atoms with Gasteiger partial charge < -0.3 is 5.32 Å². The summed E-state index contributed by atoms with van der Waals surface area (Å²) in [5.74, 6) is -0.597. The van der Waals surface area contributed by atoms with Crippen molar-refractivity contribution in [1.29, 1.82) is 0 Å². The van der Waals surface area contributed by atoms with E-state index in [1.165, 1.54) is 0 Å². The van der Waals surface area contributed by atoms with E-state index in [-0.39, 0.29) is 16.6 Å². The van der Waals surface area contributed by atoms with Crippen LogP contribution in [0, 0.1) is 0 Å². The van der Waals surface area contributed by atoms with Crippen molar-refractivity contribution in [1.82, 2.24) is 5.32 Å². The monoisotopic (exact) mass is 416 g/mol. The van der Waals surface area contributed by atoms with Gasteiger partial charge in [-0.15, -0.1) is 0 Å². The van der Waals surface area contributed by atoms with E-state index in [0.717, 1.165) is 11.1 Å². The Hall–Kier alpha value is -3.51. The van der Waals surface area contributed by atoms with Crippen molar-refractivity contribution >= 4 is 34.4 Å². The molecule has 1 N–H and O–H groups in total. The maximum atomic E-state index is 13.1. The first-order valence-electron chi connectivity index (χ1n) is 9.48. The number of rotatable bonds is 4. The molecule has 0 saturated carbocycles. The number of nitrogens with one attached hydrogen (secondary N) is 1. The number of benzene rings is 3. The van der Waals surface area contributed by atoms with E-state index < -0.39 is 11.0 Å². The SMILES string of the molecule is CN1c2ccc(C(=O)NCc3ccccc3)cc2C(=O)/C(=C\c2ccccc2)S1=O. The smallest absolute Gasteiger partial charge is 0.251 e. The maximum Gasteiger partial charge on any atom is 0.251 e. The van der Waals surface area contributed by atoms with Crippen LogP contribution in [-0.4, -0.2) is 22.9 Å². The molecule has 5 nitrogen and oxygen atoms in total. The quantitative estimate of drug-likeness (QED) is 0.655. The standard InChI is InChI=1S/C24H20N2O3S/c1-26-21-13-12-19(24(28)25-16-18-10-6-3-7-11-18)15-20(21)23(27)22(30(26)29)14-17-8-4-2-5-9-17/h2-15H,16H2,1H3,(H,25,28)/b22-14+. The van der Waals surface area contributed by atoms with Gasteiger partial charge in [0.15, 0.2) is 11.0 Å². The Morgan fingerprint density at radius 2 is 1.67 bits per heavy atom. The Bertz CT molecular complexity index is 1160. The lowest BCUT2D eigenvalue weighted by Crippen LogP contribution is -2.32. The van der Waals surface area contributed by atoms with Crippen molar-refractivity contribution in [3.63, 3.8) is 0 Å². The van der Waals surface area contributed by atoms with Crippen LogP contribution in [0.3, 0.4) is 0 Å². The molecule has 150 valence electrons. The van der Waals surface area contributed by atoms with Gasteiger partial charge in [-0.2, -0.15) is 0 Å². The van der Waals surface area contributed by atoms with Crippen molar-refractivity contribution in [2.24, 2.45) is 0 Å². The molecule has 1 aliphatic rings. The van der Waals surface area contributed by atoms with E-state index in [4.69, 9.17) is 0 Å². The molecule has 0 spiro atoms. The molecule has 1 unspecified atom stereocenters. The molecule has 6 heteroatoms. The van der Waals surface area contributed by atoms with Gasteiger partial charge in [0.1, 0.15) is 4.91 Å². The molecule has 1 heterocycles. The lowest BCUT2D eigenvalue weighted by molar-refractivity contribution is 0.0951. The number of Topliss-reactive ketones (excluding diaryl/α,β-unsaturated/α-hetero) is 1. The Morgan fingerprint density at radius 1 is 1.00 bits per heavy atom. The zero-order valence-electron chi connectivity index (χ0n) is 16.4. The van der Waals surface area contributed by atoms with Gasteiger partial charge in [-0.25, -0.2) is 4.21 Å². The molecule has 0 fully saturated rings. The molecule has 0 aliphatic carbocycles. The van der Waals surface area contributed by atoms with Gasteiger partial charge >= 0.3 is 0 Å². The van der Waals surface area contributed by atoms with Gasteiger partial charge in [0.2, 0.25) is 5.78 Å². The molecule has 0 radical (unpaired) electrons. The fraction of sp³-hybridized carbons (Fsp3) is 0.0833. The molecule has 1 atom stereocenters. The third kappa shape index (κ3) is 3.95. The second-order valence-electron chi connectivity index (χ2n) is 6.90. The van der Waals surface area contributed by atoms with Crippen molar-refractivity contribution in [2.45, 2.75) is 6.54 Å². The number of hydrogen-bond donors (Lipinski definition) is 1. The zero-order valence-corrected chi connectivity index (χ0v) is 17.2. The Balaban J connectivity index is 1.63.